The van der Waals surface area contributed by atoms with Gasteiger partial charge in [0.05, 0.1) is 7.11 Å². The topological polar surface area (TPSA) is 55.6 Å². The molecule has 0 aromatic rings. The molecule has 0 spiro atoms. The fourth-order valence-electron chi connectivity index (χ4n) is 1.60. The van der Waals surface area contributed by atoms with Gasteiger partial charge in [-0.25, -0.2) is 0 Å². The largest absolute Gasteiger partial charge is 0.468 e. The van der Waals surface area contributed by atoms with Crippen LogP contribution < -0.4 is 5.73 Å². The van der Waals surface area contributed by atoms with Gasteiger partial charge in [-0.2, -0.15) is 0 Å². The molecule has 0 aromatic carbocycles. The molecule has 0 saturated carbocycles. The van der Waals surface area contributed by atoms with Gasteiger partial charge in [-0.1, -0.05) is 20.8 Å². The Morgan fingerprint density at radius 3 is 2.18 bits per heavy atom. The molecule has 102 valence electrons. The van der Waals surface area contributed by atoms with Crippen molar-refractivity contribution >= 4 is 5.97 Å². The second kappa shape index (κ2) is 5.83. The van der Waals surface area contributed by atoms with E-state index in [1.54, 1.807) is 6.92 Å². The number of esters is 1. The van der Waals surface area contributed by atoms with Crippen LogP contribution in [0.2, 0.25) is 0 Å². The summed E-state index contributed by atoms with van der Waals surface area (Å²) in [6.45, 7) is 11.3. The molecule has 0 aromatic heterocycles. The standard InChI is InChI=1S/C13H28N2O2/c1-10(12(2,3)4)15(6)9-8-13(5,14)11(16)17-7/h10H,8-9,14H2,1-7H3. The molecule has 0 aliphatic rings. The molecule has 2 unspecified atom stereocenters. The van der Waals surface area contributed by atoms with Gasteiger partial charge in [0, 0.05) is 12.6 Å². The number of methoxy groups -OCH3 is 1. The zero-order chi connectivity index (χ0) is 13.9. The number of rotatable bonds is 5. The van der Waals surface area contributed by atoms with Crippen molar-refractivity contribution in [2.45, 2.75) is 52.6 Å². The second-order valence-electron chi connectivity index (χ2n) is 6.18. The van der Waals surface area contributed by atoms with Crippen molar-refractivity contribution in [1.82, 2.24) is 4.90 Å². The molecule has 0 amide bonds. The lowest BCUT2D eigenvalue weighted by Crippen LogP contribution is -2.49. The van der Waals surface area contributed by atoms with Gasteiger partial charge in [-0.3, -0.25) is 4.79 Å². The van der Waals surface area contributed by atoms with Crippen molar-refractivity contribution in [3.8, 4) is 0 Å². The fraction of sp³-hybridized carbons (Fsp3) is 0.923. The highest BCUT2D eigenvalue weighted by Crippen LogP contribution is 2.23. The molecular formula is C13H28N2O2. The zero-order valence-electron chi connectivity index (χ0n) is 12.3. The molecule has 2 atom stereocenters. The van der Waals surface area contributed by atoms with E-state index in [2.05, 4.69) is 39.6 Å². The first-order valence-electron chi connectivity index (χ1n) is 6.10. The Labute approximate surface area is 105 Å². The van der Waals surface area contributed by atoms with Crippen molar-refractivity contribution in [3.05, 3.63) is 0 Å². The average molecular weight is 244 g/mol. The highest BCUT2D eigenvalue weighted by molar-refractivity contribution is 5.79. The third kappa shape index (κ3) is 5.04. The summed E-state index contributed by atoms with van der Waals surface area (Å²) >= 11 is 0. The number of nitrogens with two attached hydrogens (primary N) is 1. The van der Waals surface area contributed by atoms with E-state index >= 15 is 0 Å². The summed E-state index contributed by atoms with van der Waals surface area (Å²) in [6.07, 6.45) is 0.594. The normalized spacial score (nSPS) is 17.7. The molecule has 4 nitrogen and oxygen atoms in total. The average Bonchev–Trinajstić information content (AvgIpc) is 2.22. The molecule has 4 heteroatoms. The van der Waals surface area contributed by atoms with Crippen LogP contribution in [0.15, 0.2) is 0 Å². The minimum atomic E-state index is -0.902. The minimum Gasteiger partial charge on any atom is -0.468 e. The molecule has 0 radical (unpaired) electrons. The van der Waals surface area contributed by atoms with Crippen LogP contribution in [-0.2, 0) is 9.53 Å². The molecule has 2 N–H and O–H groups in total. The maximum Gasteiger partial charge on any atom is 0.325 e. The second-order valence-corrected chi connectivity index (χ2v) is 6.18. The summed E-state index contributed by atoms with van der Waals surface area (Å²) < 4.78 is 4.69. The third-order valence-corrected chi connectivity index (χ3v) is 3.55. The highest BCUT2D eigenvalue weighted by atomic mass is 16.5. The number of nitrogens with zero attached hydrogens (tertiary/aromatic N) is 1. The predicted octanol–water partition coefficient (Wildman–Crippen LogP) is 1.63. The van der Waals surface area contributed by atoms with Crippen LogP contribution in [-0.4, -0.2) is 43.2 Å². The molecule has 0 aliphatic carbocycles. The smallest absolute Gasteiger partial charge is 0.325 e. The molecule has 17 heavy (non-hydrogen) atoms. The summed E-state index contributed by atoms with van der Waals surface area (Å²) in [6, 6.07) is 0.427. The van der Waals surface area contributed by atoms with Gasteiger partial charge in [0.25, 0.3) is 0 Å². The van der Waals surface area contributed by atoms with E-state index in [1.807, 2.05) is 0 Å². The van der Waals surface area contributed by atoms with Gasteiger partial charge >= 0.3 is 5.97 Å². The van der Waals surface area contributed by atoms with Gasteiger partial charge in [0.2, 0.25) is 0 Å². The predicted molar refractivity (Wildman–Crippen MR) is 70.8 cm³/mol. The van der Waals surface area contributed by atoms with E-state index < -0.39 is 5.54 Å². The van der Waals surface area contributed by atoms with Crippen molar-refractivity contribution in [2.24, 2.45) is 11.1 Å². The molecule has 0 rings (SSSR count). The maximum atomic E-state index is 11.4. The fourth-order valence-corrected chi connectivity index (χ4v) is 1.60. The molecule has 0 aliphatic heterocycles. The van der Waals surface area contributed by atoms with Gasteiger partial charge in [0.1, 0.15) is 5.54 Å². The lowest BCUT2D eigenvalue weighted by Gasteiger charge is -2.36. The lowest BCUT2D eigenvalue weighted by atomic mass is 9.86. The number of carbonyl (C=O) groups is 1. The molecule has 0 heterocycles. The summed E-state index contributed by atoms with van der Waals surface area (Å²) in [5.74, 6) is -0.352. The third-order valence-electron chi connectivity index (χ3n) is 3.55. The highest BCUT2D eigenvalue weighted by Gasteiger charge is 2.31. The SMILES string of the molecule is COC(=O)C(C)(N)CCN(C)C(C)C(C)(C)C. The van der Waals surface area contributed by atoms with Crippen molar-refractivity contribution in [3.63, 3.8) is 0 Å². The monoisotopic (exact) mass is 244 g/mol. The van der Waals surface area contributed by atoms with Crippen LogP contribution in [0, 0.1) is 5.41 Å². The Balaban J connectivity index is 4.34. The maximum absolute atomic E-state index is 11.4. The first-order valence-corrected chi connectivity index (χ1v) is 6.10. The molecule has 0 fully saturated rings. The van der Waals surface area contributed by atoms with E-state index in [-0.39, 0.29) is 11.4 Å². The number of carbonyl (C=O) groups excluding carboxylic acids is 1. The summed E-state index contributed by atoms with van der Waals surface area (Å²) in [5.41, 5.74) is 5.24. The molecular weight excluding hydrogens is 216 g/mol. The summed E-state index contributed by atoms with van der Waals surface area (Å²) in [4.78, 5) is 13.7. The number of ether oxygens (including phenoxy) is 1. The van der Waals surface area contributed by atoms with E-state index in [0.29, 0.717) is 12.5 Å². The number of hydrogen-bond acceptors (Lipinski definition) is 4. The molecule has 0 saturated heterocycles. The Bertz CT molecular complexity index is 257. The Morgan fingerprint density at radius 2 is 1.82 bits per heavy atom. The Hall–Kier alpha value is -0.610. The van der Waals surface area contributed by atoms with E-state index in [0.717, 1.165) is 6.54 Å². The van der Waals surface area contributed by atoms with E-state index in [9.17, 15) is 4.79 Å². The van der Waals surface area contributed by atoms with Crippen molar-refractivity contribution in [1.29, 1.82) is 0 Å². The molecule has 0 bridgehead atoms. The van der Waals surface area contributed by atoms with Gasteiger partial charge in [-0.05, 0) is 32.7 Å². The van der Waals surface area contributed by atoms with Crippen LogP contribution in [0.4, 0.5) is 0 Å². The van der Waals surface area contributed by atoms with Crippen LogP contribution in [0.3, 0.4) is 0 Å². The zero-order valence-corrected chi connectivity index (χ0v) is 12.3. The quantitative estimate of drug-likeness (QED) is 0.747. The van der Waals surface area contributed by atoms with Crippen LogP contribution in [0.25, 0.3) is 0 Å². The summed E-state index contributed by atoms with van der Waals surface area (Å²) in [7, 11) is 3.43. The van der Waals surface area contributed by atoms with Crippen LogP contribution >= 0.6 is 0 Å². The lowest BCUT2D eigenvalue weighted by molar-refractivity contribution is -0.146. The Morgan fingerprint density at radius 1 is 1.35 bits per heavy atom. The van der Waals surface area contributed by atoms with Crippen LogP contribution in [0.1, 0.15) is 41.0 Å². The van der Waals surface area contributed by atoms with Crippen LogP contribution in [0.5, 0.6) is 0 Å². The first-order chi connectivity index (χ1) is 7.52. The van der Waals surface area contributed by atoms with Gasteiger partial charge < -0.3 is 15.4 Å². The van der Waals surface area contributed by atoms with E-state index in [1.165, 1.54) is 7.11 Å². The minimum absolute atomic E-state index is 0.213. The van der Waals surface area contributed by atoms with E-state index in [4.69, 9.17) is 10.5 Å². The number of hydrogen-bond donors (Lipinski definition) is 1. The first kappa shape index (κ1) is 16.4. The van der Waals surface area contributed by atoms with Crippen molar-refractivity contribution in [2.75, 3.05) is 20.7 Å². The van der Waals surface area contributed by atoms with Gasteiger partial charge in [0.15, 0.2) is 0 Å². The Kier molecular flexibility index (Phi) is 5.62. The summed E-state index contributed by atoms with van der Waals surface area (Å²) in [5, 5.41) is 0. The van der Waals surface area contributed by atoms with Crippen molar-refractivity contribution < 1.29 is 9.53 Å². The van der Waals surface area contributed by atoms with Gasteiger partial charge in [-0.15, -0.1) is 0 Å².